The number of rotatable bonds is 5. The molecule has 2 fully saturated rings. The van der Waals surface area contributed by atoms with Gasteiger partial charge < -0.3 is 14.6 Å². The highest BCUT2D eigenvalue weighted by molar-refractivity contribution is 5.19. The molecule has 0 bridgehead atoms. The van der Waals surface area contributed by atoms with Crippen LogP contribution in [0.5, 0.6) is 0 Å². The molecule has 0 aliphatic carbocycles. The molecule has 1 N–H and O–H groups in total. The van der Waals surface area contributed by atoms with Gasteiger partial charge in [-0.05, 0) is 31.2 Å². The van der Waals surface area contributed by atoms with E-state index in [1.165, 1.54) is 12.0 Å². The lowest BCUT2D eigenvalue weighted by atomic mass is 10.1. The summed E-state index contributed by atoms with van der Waals surface area (Å²) in [6.45, 7) is 2.82. The molecule has 4 nitrogen and oxygen atoms in total. The minimum Gasteiger partial charge on any atom is -0.394 e. The molecule has 2 heterocycles. The molecule has 0 saturated carbocycles. The molecule has 1 aromatic carbocycles. The number of hydrogen-bond acceptors (Lipinski definition) is 4. The van der Waals surface area contributed by atoms with E-state index in [0.29, 0.717) is 0 Å². The summed E-state index contributed by atoms with van der Waals surface area (Å²) in [4.78, 5) is 2.32. The Labute approximate surface area is 126 Å². The number of ether oxygens (including phenoxy) is 2. The summed E-state index contributed by atoms with van der Waals surface area (Å²) in [5.41, 5.74) is 1.18. The third kappa shape index (κ3) is 3.83. The zero-order chi connectivity index (χ0) is 14.5. The molecule has 116 valence electrons. The molecule has 0 aromatic heterocycles. The van der Waals surface area contributed by atoms with E-state index < -0.39 is 0 Å². The molecule has 0 spiro atoms. The molecule has 4 heteroatoms. The van der Waals surface area contributed by atoms with E-state index in [9.17, 15) is 5.11 Å². The first-order valence-corrected chi connectivity index (χ1v) is 8.04. The molecule has 3 rings (SSSR count). The number of benzene rings is 1. The lowest BCUT2D eigenvalue weighted by Crippen LogP contribution is -2.33. The topological polar surface area (TPSA) is 41.9 Å². The fourth-order valence-corrected chi connectivity index (χ4v) is 3.29. The summed E-state index contributed by atoms with van der Waals surface area (Å²) in [5, 5.41) is 9.74. The van der Waals surface area contributed by atoms with E-state index in [-0.39, 0.29) is 25.0 Å². The van der Waals surface area contributed by atoms with E-state index in [2.05, 4.69) is 17.0 Å². The van der Waals surface area contributed by atoms with E-state index in [1.807, 2.05) is 18.2 Å². The Bertz CT molecular complexity index is 419. The highest BCUT2D eigenvalue weighted by atomic mass is 16.7. The quantitative estimate of drug-likeness (QED) is 0.904. The number of likely N-dealkylation sites (tertiary alicyclic amines) is 1. The van der Waals surface area contributed by atoms with Crippen molar-refractivity contribution in [1.29, 1.82) is 0 Å². The van der Waals surface area contributed by atoms with Crippen molar-refractivity contribution in [3.8, 4) is 0 Å². The van der Waals surface area contributed by atoms with Crippen LogP contribution in [0.1, 0.15) is 37.3 Å². The second kappa shape index (κ2) is 7.36. The van der Waals surface area contributed by atoms with Crippen molar-refractivity contribution in [3.05, 3.63) is 35.9 Å². The Morgan fingerprint density at radius 2 is 2.10 bits per heavy atom. The third-order valence-electron chi connectivity index (χ3n) is 4.46. The maximum atomic E-state index is 9.74. The summed E-state index contributed by atoms with van der Waals surface area (Å²) >= 11 is 0. The molecule has 3 atom stereocenters. The van der Waals surface area contributed by atoms with Gasteiger partial charge in [-0.3, -0.25) is 4.90 Å². The van der Waals surface area contributed by atoms with Gasteiger partial charge in [0.15, 0.2) is 6.29 Å². The predicted octanol–water partition coefficient (Wildman–Crippen LogP) is 2.34. The second-order valence-electron chi connectivity index (χ2n) is 5.95. The predicted molar refractivity (Wildman–Crippen MR) is 80.9 cm³/mol. The van der Waals surface area contributed by atoms with Crippen molar-refractivity contribution < 1.29 is 14.6 Å². The Morgan fingerprint density at radius 1 is 1.24 bits per heavy atom. The van der Waals surface area contributed by atoms with Crippen LogP contribution in [0.3, 0.4) is 0 Å². The smallest absolute Gasteiger partial charge is 0.158 e. The first kappa shape index (κ1) is 15.0. The number of hydrogen-bond donors (Lipinski definition) is 1. The third-order valence-corrected chi connectivity index (χ3v) is 4.46. The normalized spacial score (nSPS) is 28.6. The first-order chi connectivity index (χ1) is 10.4. The van der Waals surface area contributed by atoms with Gasteiger partial charge in [-0.15, -0.1) is 0 Å². The van der Waals surface area contributed by atoms with Gasteiger partial charge in [0.1, 0.15) is 0 Å². The average Bonchev–Trinajstić information content (AvgIpc) is 2.98. The van der Waals surface area contributed by atoms with Crippen LogP contribution in [-0.4, -0.2) is 48.7 Å². The standard InChI is InChI=1S/C17H25NO3/c19-13-16(14-6-2-1-3-7-14)18-10-9-15(12-18)21-17-8-4-5-11-20-17/h1-3,6-7,15-17,19H,4-5,8-13H2/t15-,16+,17?/m0/s1. The fraction of sp³-hybridized carbons (Fsp3) is 0.647. The lowest BCUT2D eigenvalue weighted by molar-refractivity contribution is -0.185. The largest absolute Gasteiger partial charge is 0.394 e. The minimum atomic E-state index is -0.0204. The van der Waals surface area contributed by atoms with Crippen molar-refractivity contribution in [2.75, 3.05) is 26.3 Å². The van der Waals surface area contributed by atoms with Crippen LogP contribution in [0, 0.1) is 0 Å². The first-order valence-electron chi connectivity index (χ1n) is 8.04. The van der Waals surface area contributed by atoms with Gasteiger partial charge in [0, 0.05) is 19.7 Å². The molecule has 1 unspecified atom stereocenters. The zero-order valence-corrected chi connectivity index (χ0v) is 12.5. The monoisotopic (exact) mass is 291 g/mol. The van der Waals surface area contributed by atoms with Crippen LogP contribution in [-0.2, 0) is 9.47 Å². The van der Waals surface area contributed by atoms with Crippen molar-refractivity contribution in [2.24, 2.45) is 0 Å². The van der Waals surface area contributed by atoms with Gasteiger partial charge in [0.2, 0.25) is 0 Å². The summed E-state index contributed by atoms with van der Waals surface area (Å²) in [7, 11) is 0. The van der Waals surface area contributed by atoms with E-state index in [0.717, 1.165) is 39.0 Å². The van der Waals surface area contributed by atoms with E-state index in [4.69, 9.17) is 9.47 Å². The molecule has 1 aromatic rings. The minimum absolute atomic E-state index is 0.0204. The summed E-state index contributed by atoms with van der Waals surface area (Å²) < 4.78 is 11.7. The SMILES string of the molecule is OC[C@H](c1ccccc1)N1CC[C@H](OC2CCCCO2)C1. The van der Waals surface area contributed by atoms with Gasteiger partial charge in [0.25, 0.3) is 0 Å². The van der Waals surface area contributed by atoms with Gasteiger partial charge in [-0.25, -0.2) is 0 Å². The molecule has 2 saturated heterocycles. The highest BCUT2D eigenvalue weighted by Crippen LogP contribution is 2.27. The van der Waals surface area contributed by atoms with E-state index in [1.54, 1.807) is 0 Å². The Hall–Kier alpha value is -0.940. The van der Waals surface area contributed by atoms with Gasteiger partial charge in [-0.2, -0.15) is 0 Å². The summed E-state index contributed by atoms with van der Waals surface area (Å²) in [6.07, 6.45) is 4.59. The molecule has 0 amide bonds. The van der Waals surface area contributed by atoms with Gasteiger partial charge in [-0.1, -0.05) is 30.3 Å². The lowest BCUT2D eigenvalue weighted by Gasteiger charge is -2.28. The molecular weight excluding hydrogens is 266 g/mol. The maximum absolute atomic E-state index is 9.74. The zero-order valence-electron chi connectivity index (χ0n) is 12.5. The Kier molecular flexibility index (Phi) is 5.25. The van der Waals surface area contributed by atoms with Crippen LogP contribution in [0.15, 0.2) is 30.3 Å². The second-order valence-corrected chi connectivity index (χ2v) is 5.95. The molecular formula is C17H25NO3. The van der Waals surface area contributed by atoms with Crippen molar-refractivity contribution in [3.63, 3.8) is 0 Å². The Morgan fingerprint density at radius 3 is 2.81 bits per heavy atom. The fourth-order valence-electron chi connectivity index (χ4n) is 3.29. The molecule has 2 aliphatic rings. The van der Waals surface area contributed by atoms with Gasteiger partial charge >= 0.3 is 0 Å². The summed E-state index contributed by atoms with van der Waals surface area (Å²) in [5.74, 6) is 0. The van der Waals surface area contributed by atoms with Crippen LogP contribution < -0.4 is 0 Å². The van der Waals surface area contributed by atoms with Gasteiger partial charge in [0.05, 0.1) is 18.8 Å². The van der Waals surface area contributed by atoms with Crippen LogP contribution in [0.4, 0.5) is 0 Å². The van der Waals surface area contributed by atoms with Crippen molar-refractivity contribution in [1.82, 2.24) is 4.90 Å². The van der Waals surface area contributed by atoms with Crippen LogP contribution >= 0.6 is 0 Å². The Balaban J connectivity index is 1.55. The van der Waals surface area contributed by atoms with Crippen molar-refractivity contribution in [2.45, 2.75) is 44.1 Å². The van der Waals surface area contributed by atoms with Crippen LogP contribution in [0.25, 0.3) is 0 Å². The molecule has 2 aliphatic heterocycles. The molecule has 21 heavy (non-hydrogen) atoms. The van der Waals surface area contributed by atoms with Crippen LogP contribution in [0.2, 0.25) is 0 Å². The maximum Gasteiger partial charge on any atom is 0.158 e. The number of aliphatic hydroxyl groups excluding tert-OH is 1. The number of aliphatic hydroxyl groups is 1. The highest BCUT2D eigenvalue weighted by Gasteiger charge is 2.31. The van der Waals surface area contributed by atoms with E-state index >= 15 is 0 Å². The summed E-state index contributed by atoms with van der Waals surface area (Å²) in [6, 6.07) is 10.3. The molecule has 0 radical (unpaired) electrons. The number of nitrogens with zero attached hydrogens (tertiary/aromatic N) is 1. The average molecular weight is 291 g/mol. The van der Waals surface area contributed by atoms with Crippen molar-refractivity contribution >= 4 is 0 Å².